The number of hydrogen-bond donors (Lipinski definition) is 1. The van der Waals surface area contributed by atoms with Crippen molar-refractivity contribution in [3.05, 3.63) is 42.0 Å². The molecule has 1 unspecified atom stereocenters. The minimum absolute atomic E-state index is 0.276. The molecule has 4 nitrogen and oxygen atoms in total. The zero-order chi connectivity index (χ0) is 14.2. The molecule has 2 aliphatic carbocycles. The summed E-state index contributed by atoms with van der Waals surface area (Å²) >= 11 is 0. The summed E-state index contributed by atoms with van der Waals surface area (Å²) in [7, 11) is 0. The van der Waals surface area contributed by atoms with Crippen LogP contribution >= 0.6 is 0 Å². The average molecular weight is 285 g/mol. The van der Waals surface area contributed by atoms with Crippen molar-refractivity contribution in [2.45, 2.75) is 57.2 Å². The van der Waals surface area contributed by atoms with Gasteiger partial charge in [-0.2, -0.15) is 5.10 Å². The lowest BCUT2D eigenvalue weighted by molar-refractivity contribution is 0.154. The number of rotatable bonds is 5. The standard InChI is InChI=1S/C17H23N3O/c21-17(13-5-6-13)14-7-9-19(11-14)12-15-8-10-20(18-15)16-3-1-2-4-16/h7-11,13,16-17,21H,1-6,12H2. The largest absolute Gasteiger partial charge is 0.388 e. The zero-order valence-electron chi connectivity index (χ0n) is 12.4. The van der Waals surface area contributed by atoms with Gasteiger partial charge in [0.05, 0.1) is 24.4 Å². The fourth-order valence-corrected chi connectivity index (χ4v) is 3.44. The Bertz CT molecular complexity index is 567. The van der Waals surface area contributed by atoms with E-state index in [-0.39, 0.29) is 6.10 Å². The maximum absolute atomic E-state index is 10.2. The van der Waals surface area contributed by atoms with Crippen LogP contribution in [-0.4, -0.2) is 19.5 Å². The third kappa shape index (κ3) is 2.77. The van der Waals surface area contributed by atoms with Crippen LogP contribution in [0.2, 0.25) is 0 Å². The van der Waals surface area contributed by atoms with E-state index in [0.29, 0.717) is 12.0 Å². The van der Waals surface area contributed by atoms with Crippen LogP contribution in [0.15, 0.2) is 30.7 Å². The zero-order valence-corrected chi connectivity index (χ0v) is 12.4. The van der Waals surface area contributed by atoms with Crippen LogP contribution in [0.5, 0.6) is 0 Å². The van der Waals surface area contributed by atoms with Gasteiger partial charge < -0.3 is 9.67 Å². The van der Waals surface area contributed by atoms with E-state index in [1.165, 1.54) is 25.7 Å². The highest BCUT2D eigenvalue weighted by Crippen LogP contribution is 2.40. The molecule has 2 aromatic heterocycles. The van der Waals surface area contributed by atoms with Crippen LogP contribution in [-0.2, 0) is 6.54 Å². The van der Waals surface area contributed by atoms with Gasteiger partial charge in [-0.05, 0) is 49.3 Å². The van der Waals surface area contributed by atoms with Gasteiger partial charge in [-0.15, -0.1) is 0 Å². The van der Waals surface area contributed by atoms with Crippen molar-refractivity contribution in [3.63, 3.8) is 0 Å². The van der Waals surface area contributed by atoms with Gasteiger partial charge in [0, 0.05) is 18.6 Å². The number of aliphatic hydroxyl groups is 1. The number of nitrogens with zero attached hydrogens (tertiary/aromatic N) is 3. The highest BCUT2D eigenvalue weighted by Gasteiger charge is 2.31. The second-order valence-electron chi connectivity index (χ2n) is 6.62. The molecule has 0 bridgehead atoms. The summed E-state index contributed by atoms with van der Waals surface area (Å²) in [5.41, 5.74) is 2.15. The first-order valence-electron chi connectivity index (χ1n) is 8.17. The lowest BCUT2D eigenvalue weighted by Gasteiger charge is -2.09. The highest BCUT2D eigenvalue weighted by atomic mass is 16.3. The third-order valence-corrected chi connectivity index (χ3v) is 4.89. The van der Waals surface area contributed by atoms with Crippen LogP contribution < -0.4 is 0 Å². The molecular weight excluding hydrogens is 262 g/mol. The summed E-state index contributed by atoms with van der Waals surface area (Å²) in [5, 5.41) is 14.9. The highest BCUT2D eigenvalue weighted by molar-refractivity contribution is 5.17. The molecule has 2 saturated carbocycles. The molecule has 4 rings (SSSR count). The SMILES string of the molecule is OC(c1ccn(Cc2ccn(C3CCCC3)n2)c1)C1CC1. The van der Waals surface area contributed by atoms with E-state index in [1.54, 1.807) is 0 Å². The van der Waals surface area contributed by atoms with Crippen LogP contribution in [0.1, 0.15) is 61.9 Å². The van der Waals surface area contributed by atoms with E-state index in [4.69, 9.17) is 5.10 Å². The molecular formula is C17H23N3O. The van der Waals surface area contributed by atoms with Gasteiger partial charge in [-0.25, -0.2) is 0 Å². The topological polar surface area (TPSA) is 43.0 Å². The van der Waals surface area contributed by atoms with Gasteiger partial charge in [0.2, 0.25) is 0 Å². The van der Waals surface area contributed by atoms with Gasteiger partial charge in [0.1, 0.15) is 0 Å². The number of aromatic nitrogens is 3. The first-order chi connectivity index (χ1) is 10.3. The summed E-state index contributed by atoms with van der Waals surface area (Å²) in [5.74, 6) is 0.488. The maximum Gasteiger partial charge on any atom is 0.0832 e. The van der Waals surface area contributed by atoms with Crippen molar-refractivity contribution >= 4 is 0 Å². The Morgan fingerprint density at radius 1 is 1.14 bits per heavy atom. The molecule has 2 aromatic rings. The Hall–Kier alpha value is -1.55. The first kappa shape index (κ1) is 13.1. The predicted octanol–water partition coefficient (Wildman–Crippen LogP) is 3.29. The first-order valence-corrected chi connectivity index (χ1v) is 8.17. The predicted molar refractivity (Wildman–Crippen MR) is 80.9 cm³/mol. The van der Waals surface area contributed by atoms with Crippen molar-refractivity contribution in [1.29, 1.82) is 0 Å². The Morgan fingerprint density at radius 3 is 2.71 bits per heavy atom. The van der Waals surface area contributed by atoms with Crippen molar-refractivity contribution in [2.24, 2.45) is 5.92 Å². The monoisotopic (exact) mass is 285 g/mol. The molecule has 0 spiro atoms. The quantitative estimate of drug-likeness (QED) is 0.916. The van der Waals surface area contributed by atoms with Crippen LogP contribution in [0.3, 0.4) is 0 Å². The number of hydrogen-bond acceptors (Lipinski definition) is 2. The Labute approximate surface area is 125 Å². The molecule has 0 saturated heterocycles. The van der Waals surface area contributed by atoms with E-state index in [2.05, 4.69) is 33.9 Å². The van der Waals surface area contributed by atoms with Gasteiger partial charge in [0.25, 0.3) is 0 Å². The van der Waals surface area contributed by atoms with Gasteiger partial charge in [-0.1, -0.05) is 12.8 Å². The number of aliphatic hydroxyl groups excluding tert-OH is 1. The molecule has 4 heteroatoms. The fraction of sp³-hybridized carbons (Fsp3) is 0.588. The van der Waals surface area contributed by atoms with Crippen LogP contribution in [0, 0.1) is 5.92 Å². The molecule has 2 aliphatic rings. The van der Waals surface area contributed by atoms with Crippen molar-refractivity contribution < 1.29 is 5.11 Å². The molecule has 21 heavy (non-hydrogen) atoms. The molecule has 1 N–H and O–H groups in total. The summed E-state index contributed by atoms with van der Waals surface area (Å²) in [4.78, 5) is 0. The van der Waals surface area contributed by atoms with Crippen molar-refractivity contribution in [2.75, 3.05) is 0 Å². The second-order valence-corrected chi connectivity index (χ2v) is 6.62. The molecule has 0 aromatic carbocycles. The van der Waals surface area contributed by atoms with E-state index in [1.807, 2.05) is 6.07 Å². The van der Waals surface area contributed by atoms with E-state index in [9.17, 15) is 5.11 Å². The molecule has 0 radical (unpaired) electrons. The summed E-state index contributed by atoms with van der Waals surface area (Å²) in [6.45, 7) is 0.789. The van der Waals surface area contributed by atoms with Crippen LogP contribution in [0.25, 0.3) is 0 Å². The molecule has 1 atom stereocenters. The van der Waals surface area contributed by atoms with Crippen molar-refractivity contribution in [3.8, 4) is 0 Å². The molecule has 112 valence electrons. The van der Waals surface area contributed by atoms with E-state index in [0.717, 1.165) is 30.6 Å². The minimum Gasteiger partial charge on any atom is -0.388 e. The average Bonchev–Trinajstić information content (AvgIpc) is 2.93. The summed E-state index contributed by atoms with van der Waals surface area (Å²) in [6, 6.07) is 4.77. The fourth-order valence-electron chi connectivity index (χ4n) is 3.44. The summed E-state index contributed by atoms with van der Waals surface area (Å²) < 4.78 is 4.27. The Kier molecular flexibility index (Phi) is 3.34. The van der Waals surface area contributed by atoms with Gasteiger partial charge in [-0.3, -0.25) is 4.68 Å². The molecule has 0 amide bonds. The molecule has 0 aliphatic heterocycles. The van der Waals surface area contributed by atoms with Gasteiger partial charge >= 0.3 is 0 Å². The lowest BCUT2D eigenvalue weighted by Crippen LogP contribution is -2.06. The normalized spacial score (nSPS) is 21.0. The van der Waals surface area contributed by atoms with Gasteiger partial charge in [0.15, 0.2) is 0 Å². The Balaban J connectivity index is 1.43. The minimum atomic E-state index is -0.276. The lowest BCUT2D eigenvalue weighted by atomic mass is 10.1. The molecule has 2 heterocycles. The second kappa shape index (κ2) is 5.34. The van der Waals surface area contributed by atoms with E-state index < -0.39 is 0 Å². The van der Waals surface area contributed by atoms with Crippen molar-refractivity contribution in [1.82, 2.24) is 14.3 Å². The Morgan fingerprint density at radius 2 is 1.95 bits per heavy atom. The van der Waals surface area contributed by atoms with Crippen LogP contribution in [0.4, 0.5) is 0 Å². The van der Waals surface area contributed by atoms with E-state index >= 15 is 0 Å². The maximum atomic E-state index is 10.2. The summed E-state index contributed by atoms with van der Waals surface area (Å²) in [6.07, 6.45) is 13.5. The molecule has 2 fully saturated rings. The third-order valence-electron chi connectivity index (χ3n) is 4.89. The smallest absolute Gasteiger partial charge is 0.0832 e.